The summed E-state index contributed by atoms with van der Waals surface area (Å²) in [5.41, 5.74) is 0.384. The molecule has 58 heavy (non-hydrogen) atoms. The largest absolute Gasteiger partial charge is 0.497 e. The van der Waals surface area contributed by atoms with Crippen LogP contribution >= 0.6 is 8.53 Å². The number of rotatable bonds is 21. The van der Waals surface area contributed by atoms with Crippen molar-refractivity contribution in [1.82, 2.24) is 14.2 Å². The van der Waals surface area contributed by atoms with Gasteiger partial charge in [-0.1, -0.05) is 54.6 Å². The highest BCUT2D eigenvalue weighted by Crippen LogP contribution is 2.51. The summed E-state index contributed by atoms with van der Waals surface area (Å²) in [5.74, 6) is 1.36. The zero-order valence-electron chi connectivity index (χ0n) is 34.5. The first-order valence-corrected chi connectivity index (χ1v) is 20.4. The topological polar surface area (TPSA) is 156 Å². The maximum atomic E-state index is 13.5. The number of nitrogens with zero attached hydrogens (tertiary/aromatic N) is 3. The summed E-state index contributed by atoms with van der Waals surface area (Å²) in [5, 5.41) is 9.42. The van der Waals surface area contributed by atoms with Gasteiger partial charge in [0.05, 0.1) is 53.1 Å². The average Bonchev–Trinajstić information content (AvgIpc) is 3.56. The molecule has 1 aliphatic heterocycles. The number of aromatic amines is 1. The fourth-order valence-corrected chi connectivity index (χ4v) is 8.86. The number of benzene rings is 3. The van der Waals surface area contributed by atoms with E-state index >= 15 is 0 Å². The molecule has 0 saturated carbocycles. The van der Waals surface area contributed by atoms with Crippen molar-refractivity contribution in [2.45, 2.75) is 83.3 Å². The standard InChI is InChI=1S/C43H55N4O10P/c1-29(2)47(30(3)4)58(55-24-12-23-44)57-38-37(56-41(39(38)53-26-25-50-6)46-27-31(5)40(48)45-42(46)49)28-54-43(32-13-10-9-11-14-32,33-15-19-35(51-7)20-16-33)34-17-21-36(52-8)22-18-34/h9-11,13-22,27,29-30,37-39,41H,12,24-26,28H2,1-8H3,(H,45,48,49)/t37-,38-,39-,41-,58+/m1/s1. The van der Waals surface area contributed by atoms with Gasteiger partial charge in [-0.3, -0.25) is 14.3 Å². The number of methoxy groups -OCH3 is 3. The van der Waals surface area contributed by atoms with Crippen LogP contribution in [0.5, 0.6) is 11.5 Å². The molecule has 1 fully saturated rings. The lowest BCUT2D eigenvalue weighted by Gasteiger charge is -2.39. The first-order valence-electron chi connectivity index (χ1n) is 19.3. The second-order valence-electron chi connectivity index (χ2n) is 14.3. The van der Waals surface area contributed by atoms with Crippen LogP contribution in [-0.4, -0.2) is 92.4 Å². The molecule has 0 bridgehead atoms. The van der Waals surface area contributed by atoms with Crippen molar-refractivity contribution in [1.29, 1.82) is 5.26 Å². The van der Waals surface area contributed by atoms with Gasteiger partial charge in [0.2, 0.25) is 0 Å². The molecule has 2 heterocycles. The summed E-state index contributed by atoms with van der Waals surface area (Å²) in [6, 6.07) is 27.4. The molecule has 1 N–H and O–H groups in total. The van der Waals surface area contributed by atoms with Crippen LogP contribution in [0.2, 0.25) is 0 Å². The van der Waals surface area contributed by atoms with E-state index in [-0.39, 0.29) is 44.9 Å². The molecule has 312 valence electrons. The number of nitrogens with one attached hydrogen (secondary N) is 1. The minimum absolute atomic E-state index is 0.00535. The lowest BCUT2D eigenvalue weighted by molar-refractivity contribution is -0.0991. The first-order chi connectivity index (χ1) is 28.0. The number of hydrogen-bond acceptors (Lipinski definition) is 12. The van der Waals surface area contributed by atoms with Gasteiger partial charge in [0.25, 0.3) is 14.1 Å². The molecule has 1 saturated heterocycles. The normalized spacial score (nSPS) is 18.8. The number of nitriles is 1. The predicted molar refractivity (Wildman–Crippen MR) is 220 cm³/mol. The first kappa shape index (κ1) is 44.7. The van der Waals surface area contributed by atoms with Crippen LogP contribution in [0.1, 0.15) is 62.6 Å². The summed E-state index contributed by atoms with van der Waals surface area (Å²) < 4.78 is 54.0. The van der Waals surface area contributed by atoms with Gasteiger partial charge in [-0.25, -0.2) is 9.46 Å². The van der Waals surface area contributed by atoms with Crippen LogP contribution in [0.25, 0.3) is 0 Å². The molecule has 0 aliphatic carbocycles. The molecular weight excluding hydrogens is 763 g/mol. The summed E-state index contributed by atoms with van der Waals surface area (Å²) in [4.78, 5) is 28.5. The molecule has 0 radical (unpaired) electrons. The fourth-order valence-electron chi connectivity index (χ4n) is 7.09. The Bertz CT molecular complexity index is 1980. The molecule has 5 atom stereocenters. The maximum absolute atomic E-state index is 13.5. The van der Waals surface area contributed by atoms with Crippen LogP contribution in [0.3, 0.4) is 0 Å². The van der Waals surface area contributed by atoms with Crippen molar-refractivity contribution >= 4 is 8.53 Å². The maximum Gasteiger partial charge on any atom is 0.330 e. The van der Waals surface area contributed by atoms with Crippen LogP contribution in [0.4, 0.5) is 0 Å². The molecule has 0 unspecified atom stereocenters. The van der Waals surface area contributed by atoms with E-state index in [0.717, 1.165) is 16.7 Å². The average molecular weight is 819 g/mol. The van der Waals surface area contributed by atoms with Gasteiger partial charge < -0.3 is 37.5 Å². The van der Waals surface area contributed by atoms with E-state index in [4.69, 9.17) is 37.5 Å². The third-order valence-electron chi connectivity index (χ3n) is 9.82. The predicted octanol–water partition coefficient (Wildman–Crippen LogP) is 6.46. The van der Waals surface area contributed by atoms with Crippen LogP contribution in [0.15, 0.2) is 94.6 Å². The number of H-pyrrole nitrogens is 1. The van der Waals surface area contributed by atoms with E-state index in [1.807, 2.05) is 107 Å². The highest BCUT2D eigenvalue weighted by atomic mass is 31.2. The van der Waals surface area contributed by atoms with Gasteiger partial charge in [0, 0.05) is 31.0 Å². The lowest BCUT2D eigenvalue weighted by Crippen LogP contribution is -2.44. The molecule has 14 nitrogen and oxygen atoms in total. The zero-order valence-corrected chi connectivity index (χ0v) is 35.3. The third kappa shape index (κ3) is 10.2. The molecule has 1 aliphatic rings. The van der Waals surface area contributed by atoms with E-state index in [1.165, 1.54) is 10.8 Å². The monoisotopic (exact) mass is 818 g/mol. The van der Waals surface area contributed by atoms with Gasteiger partial charge in [0.1, 0.15) is 35.4 Å². The third-order valence-corrected chi connectivity index (χ3v) is 11.9. The number of hydrogen-bond donors (Lipinski definition) is 1. The highest BCUT2D eigenvalue weighted by molar-refractivity contribution is 7.44. The van der Waals surface area contributed by atoms with Gasteiger partial charge in [-0.15, -0.1) is 0 Å². The number of aromatic nitrogens is 2. The van der Waals surface area contributed by atoms with Crippen LogP contribution < -0.4 is 20.7 Å². The summed E-state index contributed by atoms with van der Waals surface area (Å²) in [7, 11) is 2.98. The van der Waals surface area contributed by atoms with Crippen molar-refractivity contribution in [2.75, 3.05) is 47.8 Å². The SMILES string of the molecule is COCCO[C@@H]1[C@H](O[P@](OCCC#N)N(C(C)C)C(C)C)[C@@H](COC(c2ccccc2)(c2ccc(OC)cc2)c2ccc(OC)cc2)O[C@H]1n1cc(C)c(=O)[nH]c1=O. The van der Waals surface area contributed by atoms with E-state index in [9.17, 15) is 14.9 Å². The Labute approximate surface area is 341 Å². The Hall–Kier alpha value is -4.42. The van der Waals surface area contributed by atoms with E-state index < -0.39 is 49.9 Å². The molecular formula is C43H55N4O10P. The molecule has 1 aromatic heterocycles. The Morgan fingerprint density at radius 2 is 1.43 bits per heavy atom. The van der Waals surface area contributed by atoms with Crippen molar-refractivity contribution in [3.63, 3.8) is 0 Å². The molecule has 0 spiro atoms. The molecule has 15 heteroatoms. The van der Waals surface area contributed by atoms with Crippen LogP contribution in [0, 0.1) is 18.3 Å². The van der Waals surface area contributed by atoms with Crippen molar-refractivity contribution in [3.05, 3.63) is 128 Å². The van der Waals surface area contributed by atoms with Gasteiger partial charge in [0.15, 0.2) is 6.23 Å². The second-order valence-corrected chi connectivity index (χ2v) is 15.7. The molecule has 3 aromatic carbocycles. The van der Waals surface area contributed by atoms with Crippen LogP contribution in [-0.2, 0) is 33.6 Å². The molecule has 0 amide bonds. The number of aryl methyl sites for hydroxylation is 1. The van der Waals surface area contributed by atoms with E-state index in [1.54, 1.807) is 28.3 Å². The van der Waals surface area contributed by atoms with Crippen molar-refractivity contribution in [3.8, 4) is 17.6 Å². The Balaban J connectivity index is 1.69. The number of ether oxygens (including phenoxy) is 6. The molecule has 4 aromatic rings. The Morgan fingerprint density at radius 1 is 0.845 bits per heavy atom. The quantitative estimate of drug-likeness (QED) is 0.0557. The fraction of sp³-hybridized carbons (Fsp3) is 0.465. The Morgan fingerprint density at radius 3 is 1.97 bits per heavy atom. The second kappa shape index (κ2) is 21.0. The smallest absolute Gasteiger partial charge is 0.330 e. The minimum atomic E-state index is -1.82. The van der Waals surface area contributed by atoms with E-state index in [0.29, 0.717) is 17.1 Å². The van der Waals surface area contributed by atoms with Gasteiger partial charge >= 0.3 is 5.69 Å². The summed E-state index contributed by atoms with van der Waals surface area (Å²) >= 11 is 0. The summed E-state index contributed by atoms with van der Waals surface area (Å²) in [6.45, 7) is 10.3. The Kier molecular flexibility index (Phi) is 16.2. The molecule has 5 rings (SSSR count). The van der Waals surface area contributed by atoms with E-state index in [2.05, 4.69) is 15.7 Å². The lowest BCUT2D eigenvalue weighted by atomic mass is 9.80. The van der Waals surface area contributed by atoms with Crippen molar-refractivity contribution < 1.29 is 37.5 Å². The zero-order chi connectivity index (χ0) is 41.8. The summed E-state index contributed by atoms with van der Waals surface area (Å²) in [6.07, 6.45) is -2.12. The van der Waals surface area contributed by atoms with Gasteiger partial charge in [-0.2, -0.15) is 5.26 Å². The minimum Gasteiger partial charge on any atom is -0.497 e. The van der Waals surface area contributed by atoms with Gasteiger partial charge in [-0.05, 0) is 75.6 Å². The van der Waals surface area contributed by atoms with Crippen molar-refractivity contribution in [2.24, 2.45) is 0 Å². The highest BCUT2D eigenvalue weighted by Gasteiger charge is 2.51.